The van der Waals surface area contributed by atoms with Crippen molar-refractivity contribution in [3.63, 3.8) is 0 Å². The van der Waals surface area contributed by atoms with Gasteiger partial charge in [0.25, 0.3) is 5.91 Å². The Morgan fingerprint density at radius 2 is 1.82 bits per heavy atom. The van der Waals surface area contributed by atoms with Crippen LogP contribution in [0.4, 0.5) is 15.8 Å². The molecular formula is C32H37FN4O3. The number of amides is 2. The van der Waals surface area contributed by atoms with E-state index in [-0.39, 0.29) is 28.9 Å². The lowest BCUT2D eigenvalue weighted by atomic mass is 9.79. The number of benzene rings is 2. The second kappa shape index (κ2) is 9.47. The third-order valence-corrected chi connectivity index (χ3v) is 9.09. The van der Waals surface area contributed by atoms with Crippen molar-refractivity contribution in [2.45, 2.75) is 50.5 Å². The van der Waals surface area contributed by atoms with Crippen molar-refractivity contribution in [1.82, 2.24) is 4.90 Å². The fraction of sp³-hybridized carbons (Fsp3) is 0.438. The number of anilines is 2. The summed E-state index contributed by atoms with van der Waals surface area (Å²) in [4.78, 5) is 32.9. The molecule has 0 radical (unpaired) electrons. The number of hydrogen-bond donors (Lipinski definition) is 1. The largest absolute Gasteiger partial charge is 0.497 e. The van der Waals surface area contributed by atoms with Crippen molar-refractivity contribution in [3.05, 3.63) is 76.8 Å². The molecule has 7 nitrogen and oxygen atoms in total. The minimum absolute atomic E-state index is 0.0216. The highest BCUT2D eigenvalue weighted by atomic mass is 19.1. The minimum Gasteiger partial charge on any atom is -0.497 e. The molecular weight excluding hydrogens is 507 g/mol. The maximum atomic E-state index is 15.9. The molecule has 4 aliphatic rings. The second-order valence-electron chi connectivity index (χ2n) is 12.1. The Hall–Kier alpha value is -3.65. The lowest BCUT2D eigenvalue weighted by molar-refractivity contribution is -0.116. The molecule has 2 aromatic rings. The maximum absolute atomic E-state index is 15.9. The summed E-state index contributed by atoms with van der Waals surface area (Å²) in [6.45, 7) is 3.20. The first-order chi connectivity index (χ1) is 19.1. The molecule has 0 bridgehead atoms. The van der Waals surface area contributed by atoms with Gasteiger partial charge < -0.3 is 25.2 Å². The molecule has 6 rings (SSSR count). The first-order valence-electron chi connectivity index (χ1n) is 14.1. The molecule has 2 aliphatic heterocycles. The van der Waals surface area contributed by atoms with E-state index in [9.17, 15) is 9.59 Å². The minimum atomic E-state index is -0.529. The topological polar surface area (TPSA) is 79.1 Å². The van der Waals surface area contributed by atoms with E-state index in [1.807, 2.05) is 62.3 Å². The summed E-state index contributed by atoms with van der Waals surface area (Å²) in [5, 5.41) is 0. The van der Waals surface area contributed by atoms with Gasteiger partial charge in [0.1, 0.15) is 17.3 Å². The van der Waals surface area contributed by atoms with Gasteiger partial charge in [0, 0.05) is 40.8 Å². The highest BCUT2D eigenvalue weighted by molar-refractivity contribution is 6.14. The monoisotopic (exact) mass is 544 g/mol. The van der Waals surface area contributed by atoms with E-state index >= 15 is 4.39 Å². The van der Waals surface area contributed by atoms with Crippen LogP contribution in [0.2, 0.25) is 0 Å². The summed E-state index contributed by atoms with van der Waals surface area (Å²) in [6, 6.07) is 12.6. The maximum Gasteiger partial charge on any atom is 0.275 e. The molecule has 8 heteroatoms. The summed E-state index contributed by atoms with van der Waals surface area (Å²) in [7, 11) is 5.68. The van der Waals surface area contributed by atoms with Gasteiger partial charge in [-0.1, -0.05) is 13.0 Å². The van der Waals surface area contributed by atoms with Crippen LogP contribution in [0.5, 0.6) is 5.75 Å². The molecule has 1 spiro atoms. The fourth-order valence-electron chi connectivity index (χ4n) is 6.76. The van der Waals surface area contributed by atoms with E-state index in [1.165, 1.54) is 0 Å². The number of nitrogens with two attached hydrogens (primary N) is 1. The molecule has 2 fully saturated rings. The van der Waals surface area contributed by atoms with Crippen LogP contribution in [0.15, 0.2) is 65.4 Å². The van der Waals surface area contributed by atoms with Crippen molar-refractivity contribution in [1.29, 1.82) is 0 Å². The zero-order valence-electron chi connectivity index (χ0n) is 23.7. The summed E-state index contributed by atoms with van der Waals surface area (Å²) >= 11 is 0. The van der Waals surface area contributed by atoms with Gasteiger partial charge in [-0.05, 0) is 94.2 Å². The molecule has 2 amide bonds. The molecule has 0 aromatic heterocycles. The Bertz CT molecular complexity index is 1440. The van der Waals surface area contributed by atoms with E-state index in [0.29, 0.717) is 35.6 Å². The molecule has 2 saturated carbocycles. The van der Waals surface area contributed by atoms with E-state index in [0.717, 1.165) is 43.5 Å². The third-order valence-electron chi connectivity index (χ3n) is 9.09. The number of primary amides is 1. The van der Waals surface area contributed by atoms with Crippen LogP contribution < -0.4 is 20.3 Å². The van der Waals surface area contributed by atoms with Crippen LogP contribution in [-0.2, 0) is 15.0 Å². The SMILES string of the molecule is CCC1C=C(C(N)=O)C2=C(C(=O)N(c3ccc(C4(CN(C)C)CC4)cc3F)CC23CC3)N1c1ccc(OC)cc1. The van der Waals surface area contributed by atoms with Gasteiger partial charge in [-0.3, -0.25) is 9.59 Å². The fourth-order valence-corrected chi connectivity index (χ4v) is 6.76. The number of fused-ring (bicyclic) bond motifs is 1. The normalized spacial score (nSPS) is 22.4. The average molecular weight is 545 g/mol. The lowest BCUT2D eigenvalue weighted by Gasteiger charge is -2.45. The number of carbonyl (C=O) groups excluding carboxylic acids is 2. The van der Waals surface area contributed by atoms with Crippen LogP contribution in [0.1, 0.15) is 44.6 Å². The van der Waals surface area contributed by atoms with E-state index < -0.39 is 11.3 Å². The van der Waals surface area contributed by atoms with Gasteiger partial charge in [0.15, 0.2) is 0 Å². The predicted molar refractivity (Wildman–Crippen MR) is 154 cm³/mol. The number of ether oxygens (including phenoxy) is 1. The summed E-state index contributed by atoms with van der Waals surface area (Å²) < 4.78 is 21.3. The first-order valence-corrected chi connectivity index (χ1v) is 14.1. The smallest absolute Gasteiger partial charge is 0.275 e. The van der Waals surface area contributed by atoms with Gasteiger partial charge >= 0.3 is 0 Å². The van der Waals surface area contributed by atoms with E-state index in [1.54, 1.807) is 24.1 Å². The Balaban J connectivity index is 1.46. The standard InChI is InChI=1S/C32H37FN4O3/c1-5-21-17-24(29(34)38)27-28(37(21)22-7-9-23(40-4)10-8-22)30(39)36(19-32(27)14-15-32)26-11-6-20(16-25(26)33)31(12-13-31)18-35(2)3/h6-11,16-17,21H,5,12-15,18-19H2,1-4H3,(H2,34,38). The number of halogens is 1. The van der Waals surface area contributed by atoms with Crippen molar-refractivity contribution in [2.75, 3.05) is 44.1 Å². The first kappa shape index (κ1) is 26.6. The molecule has 210 valence electrons. The number of hydrogen-bond acceptors (Lipinski definition) is 5. The zero-order valence-corrected chi connectivity index (χ0v) is 23.7. The number of carbonyl (C=O) groups is 2. The van der Waals surface area contributed by atoms with Crippen LogP contribution in [-0.4, -0.2) is 57.1 Å². The van der Waals surface area contributed by atoms with Crippen molar-refractivity contribution < 1.29 is 18.7 Å². The molecule has 0 saturated heterocycles. The Morgan fingerprint density at radius 1 is 1.12 bits per heavy atom. The number of likely N-dealkylation sites (N-methyl/N-ethyl adjacent to an activating group) is 1. The van der Waals surface area contributed by atoms with Crippen molar-refractivity contribution >= 4 is 23.2 Å². The lowest BCUT2D eigenvalue weighted by Crippen LogP contribution is -2.53. The molecule has 2 heterocycles. The van der Waals surface area contributed by atoms with Gasteiger partial charge in [-0.25, -0.2) is 4.39 Å². The van der Waals surface area contributed by atoms with Gasteiger partial charge in [0.2, 0.25) is 5.91 Å². The molecule has 1 atom stereocenters. The summed E-state index contributed by atoms with van der Waals surface area (Å²) in [5.41, 5.74) is 9.09. The van der Waals surface area contributed by atoms with Gasteiger partial charge in [0.05, 0.1) is 18.8 Å². The number of methoxy groups -OCH3 is 1. The molecule has 1 unspecified atom stereocenters. The molecule has 2 aromatic carbocycles. The second-order valence-corrected chi connectivity index (χ2v) is 12.1. The molecule has 2 N–H and O–H groups in total. The average Bonchev–Trinajstić information content (AvgIpc) is 3.87. The molecule has 40 heavy (non-hydrogen) atoms. The van der Waals surface area contributed by atoms with Crippen LogP contribution in [0.3, 0.4) is 0 Å². The Labute approximate surface area is 235 Å². The summed E-state index contributed by atoms with van der Waals surface area (Å²) in [5.74, 6) is -0.523. The van der Waals surface area contributed by atoms with E-state index in [2.05, 4.69) is 4.90 Å². The number of nitrogens with zero attached hydrogens (tertiary/aromatic N) is 3. The Kier molecular flexibility index (Phi) is 6.29. The van der Waals surface area contributed by atoms with Crippen molar-refractivity contribution in [3.8, 4) is 5.75 Å². The quantitative estimate of drug-likeness (QED) is 0.529. The van der Waals surface area contributed by atoms with Gasteiger partial charge in [-0.15, -0.1) is 0 Å². The van der Waals surface area contributed by atoms with Crippen LogP contribution in [0.25, 0.3) is 0 Å². The highest BCUT2D eigenvalue weighted by Crippen LogP contribution is 2.60. The Morgan fingerprint density at radius 3 is 2.35 bits per heavy atom. The van der Waals surface area contributed by atoms with Crippen molar-refractivity contribution in [2.24, 2.45) is 11.1 Å². The molecule has 2 aliphatic carbocycles. The highest BCUT2D eigenvalue weighted by Gasteiger charge is 2.57. The zero-order chi connectivity index (χ0) is 28.4. The van der Waals surface area contributed by atoms with Crippen LogP contribution in [0, 0.1) is 11.2 Å². The third kappa shape index (κ3) is 4.20. The van der Waals surface area contributed by atoms with Gasteiger partial charge in [-0.2, -0.15) is 0 Å². The van der Waals surface area contributed by atoms with Crippen LogP contribution >= 0.6 is 0 Å². The summed E-state index contributed by atoms with van der Waals surface area (Å²) in [6.07, 6.45) is 6.23. The number of rotatable bonds is 8. The van der Waals surface area contributed by atoms with E-state index in [4.69, 9.17) is 10.5 Å². The predicted octanol–water partition coefficient (Wildman–Crippen LogP) is 4.52.